The normalized spacial score (nSPS) is 18.1. The molecule has 1 atom stereocenters. The molecule has 2 amide bonds. The van der Waals surface area contributed by atoms with E-state index in [-0.39, 0.29) is 18.2 Å². The highest BCUT2D eigenvalue weighted by Crippen LogP contribution is 2.35. The van der Waals surface area contributed by atoms with Gasteiger partial charge in [0.2, 0.25) is 0 Å². The van der Waals surface area contributed by atoms with Crippen LogP contribution in [-0.4, -0.2) is 16.2 Å². The Balaban J connectivity index is 1.98. The number of halogens is 3. The van der Waals surface area contributed by atoms with Crippen LogP contribution >= 0.6 is 0 Å². The summed E-state index contributed by atoms with van der Waals surface area (Å²) in [6, 6.07) is 4.49. The molecule has 116 valence electrons. The molecule has 8 heteroatoms. The maximum absolute atomic E-state index is 13.1. The average molecular weight is 310 g/mol. The van der Waals surface area contributed by atoms with E-state index in [2.05, 4.69) is 15.5 Å². The number of rotatable bonds is 2. The highest BCUT2D eigenvalue weighted by atomic mass is 19.4. The van der Waals surface area contributed by atoms with E-state index in [9.17, 15) is 18.0 Å². The molecule has 3 rings (SSSR count). The fourth-order valence-corrected chi connectivity index (χ4v) is 2.53. The van der Waals surface area contributed by atoms with Crippen molar-refractivity contribution >= 4 is 11.7 Å². The number of benzene rings is 1. The van der Waals surface area contributed by atoms with Gasteiger partial charge in [-0.05, 0) is 18.6 Å². The quantitative estimate of drug-likeness (QED) is 0.894. The number of fused-ring (bicyclic) bond motifs is 1. The molecular formula is C14H13F3N4O. The molecule has 1 unspecified atom stereocenters. The smallest absolute Gasteiger partial charge is 0.329 e. The number of nitrogens with zero attached hydrogens (tertiary/aromatic N) is 2. The van der Waals surface area contributed by atoms with Crippen molar-refractivity contribution in [1.29, 1.82) is 0 Å². The first-order valence-corrected chi connectivity index (χ1v) is 6.64. The Hall–Kier alpha value is -2.51. The summed E-state index contributed by atoms with van der Waals surface area (Å²) in [4.78, 5) is 13.4. The molecular weight excluding hydrogens is 297 g/mol. The van der Waals surface area contributed by atoms with E-state index in [0.29, 0.717) is 11.4 Å². The molecule has 1 aromatic carbocycles. The lowest BCUT2D eigenvalue weighted by molar-refractivity contribution is -0.138. The number of amides is 2. The van der Waals surface area contributed by atoms with Gasteiger partial charge >= 0.3 is 12.2 Å². The zero-order valence-electron chi connectivity index (χ0n) is 11.6. The van der Waals surface area contributed by atoms with E-state index in [1.165, 1.54) is 29.3 Å². The summed E-state index contributed by atoms with van der Waals surface area (Å²) in [5.41, 5.74) is 0.385. The molecule has 5 nitrogen and oxygen atoms in total. The summed E-state index contributed by atoms with van der Waals surface area (Å²) < 4.78 is 39.2. The summed E-state index contributed by atoms with van der Waals surface area (Å²) in [7, 11) is 0. The van der Waals surface area contributed by atoms with Gasteiger partial charge in [0.15, 0.2) is 0 Å². The first kappa shape index (κ1) is 14.4. The molecule has 2 heterocycles. The van der Waals surface area contributed by atoms with Crippen LogP contribution in [0.1, 0.15) is 29.8 Å². The lowest BCUT2D eigenvalue weighted by Gasteiger charge is -2.31. The predicted octanol–water partition coefficient (Wildman–Crippen LogP) is 3.22. The lowest BCUT2D eigenvalue weighted by Crippen LogP contribution is -2.45. The van der Waals surface area contributed by atoms with Gasteiger partial charge in [-0.25, -0.2) is 4.79 Å². The van der Waals surface area contributed by atoms with E-state index >= 15 is 0 Å². The zero-order valence-corrected chi connectivity index (χ0v) is 11.6. The number of hydrogen-bond acceptors (Lipinski definition) is 2. The summed E-state index contributed by atoms with van der Waals surface area (Å²) in [5.74, 6) is 0. The van der Waals surface area contributed by atoms with Crippen LogP contribution < -0.4 is 10.2 Å². The highest BCUT2D eigenvalue weighted by Gasteiger charge is 2.35. The molecule has 1 aromatic heterocycles. The molecule has 2 N–H and O–H groups in total. The van der Waals surface area contributed by atoms with Crippen molar-refractivity contribution in [3.63, 3.8) is 0 Å². The number of alkyl halides is 3. The third-order valence-corrected chi connectivity index (χ3v) is 3.59. The molecule has 22 heavy (non-hydrogen) atoms. The Morgan fingerprint density at radius 2 is 2.05 bits per heavy atom. The molecule has 0 radical (unpaired) electrons. The number of H-pyrrole nitrogens is 1. The first-order chi connectivity index (χ1) is 10.4. The molecule has 0 spiro atoms. The van der Waals surface area contributed by atoms with Crippen LogP contribution in [0.4, 0.5) is 23.7 Å². The maximum atomic E-state index is 13.1. The van der Waals surface area contributed by atoms with E-state index in [1.807, 2.05) is 0 Å². The number of aromatic nitrogens is 2. The summed E-state index contributed by atoms with van der Waals surface area (Å²) >= 11 is 0. The third kappa shape index (κ3) is 2.40. The van der Waals surface area contributed by atoms with Gasteiger partial charge in [0, 0.05) is 6.20 Å². The molecule has 2 aromatic rings. The van der Waals surface area contributed by atoms with Gasteiger partial charge < -0.3 is 5.32 Å². The average Bonchev–Trinajstić information content (AvgIpc) is 2.92. The van der Waals surface area contributed by atoms with Gasteiger partial charge in [0.05, 0.1) is 23.8 Å². The number of carbonyl (C=O) groups excluding carboxylic acids is 1. The molecule has 0 saturated heterocycles. The Labute approximate surface area is 124 Å². The van der Waals surface area contributed by atoms with Crippen molar-refractivity contribution in [2.24, 2.45) is 0 Å². The van der Waals surface area contributed by atoms with Gasteiger partial charge in [0.25, 0.3) is 0 Å². The predicted molar refractivity (Wildman–Crippen MR) is 73.2 cm³/mol. The molecule has 1 aliphatic rings. The van der Waals surface area contributed by atoms with Crippen LogP contribution in [-0.2, 0) is 12.7 Å². The van der Waals surface area contributed by atoms with Crippen molar-refractivity contribution in [1.82, 2.24) is 15.5 Å². The summed E-state index contributed by atoms with van der Waals surface area (Å²) in [5, 5.41) is 9.35. The molecule has 0 saturated carbocycles. The second kappa shape index (κ2) is 5.04. The number of nitrogens with one attached hydrogen (secondary N) is 2. The monoisotopic (exact) mass is 310 g/mol. The summed E-state index contributed by atoms with van der Waals surface area (Å²) in [6.45, 7) is 1.58. The van der Waals surface area contributed by atoms with Crippen LogP contribution in [0, 0.1) is 0 Å². The van der Waals surface area contributed by atoms with Crippen LogP contribution in [0.25, 0.3) is 0 Å². The first-order valence-electron chi connectivity index (χ1n) is 6.64. The lowest BCUT2D eigenvalue weighted by atomic mass is 10.1. The Morgan fingerprint density at radius 1 is 1.32 bits per heavy atom. The van der Waals surface area contributed by atoms with E-state index in [0.717, 1.165) is 6.07 Å². The second-order valence-corrected chi connectivity index (χ2v) is 5.07. The van der Waals surface area contributed by atoms with E-state index < -0.39 is 17.8 Å². The molecule has 0 bridgehead atoms. The van der Waals surface area contributed by atoms with E-state index in [4.69, 9.17) is 0 Å². The van der Waals surface area contributed by atoms with Crippen LogP contribution in [0.5, 0.6) is 0 Å². The number of hydrogen-bond donors (Lipinski definition) is 2. The van der Waals surface area contributed by atoms with E-state index in [1.54, 1.807) is 6.92 Å². The largest absolute Gasteiger partial charge is 0.416 e. The number of aromatic amines is 1. The minimum atomic E-state index is -4.46. The van der Waals surface area contributed by atoms with Crippen molar-refractivity contribution < 1.29 is 18.0 Å². The van der Waals surface area contributed by atoms with Gasteiger partial charge in [-0.15, -0.1) is 0 Å². The van der Waals surface area contributed by atoms with Gasteiger partial charge in [0.1, 0.15) is 5.69 Å². The molecule has 0 fully saturated rings. The molecule has 1 aliphatic heterocycles. The Morgan fingerprint density at radius 3 is 2.77 bits per heavy atom. The Bertz CT molecular complexity index is 710. The Kier molecular flexibility index (Phi) is 3.31. The minimum absolute atomic E-state index is 0.0341. The number of anilines is 1. The maximum Gasteiger partial charge on any atom is 0.416 e. The third-order valence-electron chi connectivity index (χ3n) is 3.59. The fraction of sp³-hybridized carbons (Fsp3) is 0.286. The van der Waals surface area contributed by atoms with Crippen LogP contribution in [0.3, 0.4) is 0 Å². The molecule has 0 aliphatic carbocycles. The fourth-order valence-electron chi connectivity index (χ4n) is 2.53. The van der Waals surface area contributed by atoms with Crippen molar-refractivity contribution in [3.8, 4) is 0 Å². The van der Waals surface area contributed by atoms with Gasteiger partial charge in [-0.2, -0.15) is 18.3 Å². The van der Waals surface area contributed by atoms with Crippen molar-refractivity contribution in [3.05, 3.63) is 47.3 Å². The SMILES string of the molecule is CC1NC(=O)N(Cc2ccccc2C(F)(F)F)c2c[nH]nc21. The highest BCUT2D eigenvalue weighted by molar-refractivity contribution is 5.94. The van der Waals surface area contributed by atoms with Gasteiger partial charge in [-0.3, -0.25) is 10.00 Å². The summed E-state index contributed by atoms with van der Waals surface area (Å²) in [6.07, 6.45) is -2.95. The minimum Gasteiger partial charge on any atom is -0.329 e. The number of urea groups is 1. The van der Waals surface area contributed by atoms with Crippen LogP contribution in [0.2, 0.25) is 0 Å². The van der Waals surface area contributed by atoms with Gasteiger partial charge in [-0.1, -0.05) is 18.2 Å². The zero-order chi connectivity index (χ0) is 15.9. The standard InChI is InChI=1S/C14H13F3N4O/c1-8-12-11(6-18-20-12)21(13(22)19-8)7-9-4-2-3-5-10(9)14(15,16)17/h2-6,8H,7H2,1H3,(H,18,20)(H,19,22). The van der Waals surface area contributed by atoms with Crippen molar-refractivity contribution in [2.75, 3.05) is 4.90 Å². The second-order valence-electron chi connectivity index (χ2n) is 5.07. The van der Waals surface area contributed by atoms with Crippen molar-refractivity contribution in [2.45, 2.75) is 25.7 Å². The number of carbonyl (C=O) groups is 1. The van der Waals surface area contributed by atoms with Crippen LogP contribution in [0.15, 0.2) is 30.5 Å². The topological polar surface area (TPSA) is 61.0 Å².